The highest BCUT2D eigenvalue weighted by Gasteiger charge is 2.31. The molecule has 9 heteroatoms. The quantitative estimate of drug-likeness (QED) is 0.604. The van der Waals surface area contributed by atoms with Gasteiger partial charge < -0.3 is 10.1 Å². The fraction of sp³-hybridized carbons (Fsp3) is 0.273. The van der Waals surface area contributed by atoms with Crippen LogP contribution >= 0.6 is 11.6 Å². The van der Waals surface area contributed by atoms with Crippen molar-refractivity contribution in [3.05, 3.63) is 65.2 Å². The van der Waals surface area contributed by atoms with Gasteiger partial charge >= 0.3 is 0 Å². The summed E-state index contributed by atoms with van der Waals surface area (Å²) in [7, 11) is -3.11. The van der Waals surface area contributed by atoms with Crippen LogP contribution in [-0.4, -0.2) is 42.2 Å². The fourth-order valence-corrected chi connectivity index (χ4v) is 5.33. The number of nitrogens with zero attached hydrogens (tertiary/aromatic N) is 2. The summed E-state index contributed by atoms with van der Waals surface area (Å²) < 4.78 is 31.1. The number of hydrogen-bond acceptors (Lipinski definition) is 5. The van der Waals surface area contributed by atoms with Crippen LogP contribution in [0.3, 0.4) is 0 Å². The number of anilines is 1. The summed E-state index contributed by atoms with van der Waals surface area (Å²) in [5.74, 6) is 0.741. The lowest BCUT2D eigenvalue weighted by Gasteiger charge is -2.14. The second-order valence-electron chi connectivity index (χ2n) is 7.53. The molecule has 162 valence electrons. The summed E-state index contributed by atoms with van der Waals surface area (Å²) in [5.41, 5.74) is 2.40. The normalized spacial score (nSPS) is 17.4. The van der Waals surface area contributed by atoms with Crippen molar-refractivity contribution in [3.8, 4) is 17.0 Å². The van der Waals surface area contributed by atoms with E-state index in [4.69, 9.17) is 16.3 Å². The number of halogens is 1. The van der Waals surface area contributed by atoms with Crippen LogP contribution in [0, 0.1) is 6.92 Å². The minimum Gasteiger partial charge on any atom is -0.484 e. The summed E-state index contributed by atoms with van der Waals surface area (Å²) in [6.45, 7) is 1.66. The molecule has 1 aliphatic heterocycles. The SMILES string of the molecule is Cc1cc(OCC(=O)Nc2cc(-c3ccccc3)nn2[C@@H]2CCS(=O)(=O)C2)ccc1Cl. The minimum atomic E-state index is -3.11. The Morgan fingerprint density at radius 2 is 2.00 bits per heavy atom. The Morgan fingerprint density at radius 3 is 2.68 bits per heavy atom. The van der Waals surface area contributed by atoms with Crippen molar-refractivity contribution in [2.75, 3.05) is 23.4 Å². The first kappa shape index (κ1) is 21.4. The summed E-state index contributed by atoms with van der Waals surface area (Å²) in [5, 5.41) is 8.05. The molecule has 0 saturated carbocycles. The molecule has 2 heterocycles. The van der Waals surface area contributed by atoms with E-state index in [-0.39, 0.29) is 30.1 Å². The van der Waals surface area contributed by atoms with E-state index in [1.54, 1.807) is 28.9 Å². The largest absolute Gasteiger partial charge is 0.484 e. The molecule has 1 atom stereocenters. The topological polar surface area (TPSA) is 90.3 Å². The molecule has 0 spiro atoms. The molecule has 0 aliphatic carbocycles. The number of aromatic nitrogens is 2. The Bertz CT molecular complexity index is 1210. The number of amides is 1. The lowest BCUT2D eigenvalue weighted by atomic mass is 10.1. The zero-order chi connectivity index (χ0) is 22.0. The number of hydrogen-bond donors (Lipinski definition) is 1. The van der Waals surface area contributed by atoms with Gasteiger partial charge in [-0.2, -0.15) is 5.10 Å². The first-order chi connectivity index (χ1) is 14.8. The Morgan fingerprint density at radius 1 is 1.23 bits per heavy atom. The molecule has 0 bridgehead atoms. The molecule has 0 radical (unpaired) electrons. The van der Waals surface area contributed by atoms with E-state index >= 15 is 0 Å². The second-order valence-corrected chi connectivity index (χ2v) is 10.2. The van der Waals surface area contributed by atoms with Crippen molar-refractivity contribution in [1.29, 1.82) is 0 Å². The lowest BCUT2D eigenvalue weighted by molar-refractivity contribution is -0.118. The molecule has 1 saturated heterocycles. The standard InChI is InChI=1S/C22H22ClN3O4S/c1-15-11-18(7-8-19(15)23)30-13-22(27)24-21-12-20(16-5-3-2-4-6-16)25-26(21)17-9-10-31(28,29)14-17/h2-8,11-12,17H,9-10,13-14H2,1H3,(H,24,27)/t17-/m1/s1. The van der Waals surface area contributed by atoms with Crippen LogP contribution in [0.5, 0.6) is 5.75 Å². The van der Waals surface area contributed by atoms with Crippen molar-refractivity contribution < 1.29 is 17.9 Å². The first-order valence-electron chi connectivity index (χ1n) is 9.85. The van der Waals surface area contributed by atoms with Gasteiger partial charge in [-0.15, -0.1) is 0 Å². The number of carbonyl (C=O) groups is 1. The number of ether oxygens (including phenoxy) is 1. The zero-order valence-corrected chi connectivity index (χ0v) is 18.5. The van der Waals surface area contributed by atoms with Crippen molar-refractivity contribution in [3.63, 3.8) is 0 Å². The number of nitrogens with one attached hydrogen (secondary N) is 1. The maximum atomic E-state index is 12.6. The Labute approximate surface area is 185 Å². The molecule has 1 aliphatic rings. The number of rotatable bonds is 6. The van der Waals surface area contributed by atoms with Gasteiger partial charge in [0, 0.05) is 16.7 Å². The van der Waals surface area contributed by atoms with Crippen molar-refractivity contribution in [2.24, 2.45) is 0 Å². The van der Waals surface area contributed by atoms with E-state index in [1.165, 1.54) is 0 Å². The van der Waals surface area contributed by atoms with Crippen molar-refractivity contribution in [2.45, 2.75) is 19.4 Å². The molecular weight excluding hydrogens is 438 g/mol. The highest BCUT2D eigenvalue weighted by atomic mass is 35.5. The van der Waals surface area contributed by atoms with Crippen LogP contribution in [0.4, 0.5) is 5.82 Å². The van der Waals surface area contributed by atoms with Gasteiger partial charge in [-0.25, -0.2) is 13.1 Å². The van der Waals surface area contributed by atoms with Gasteiger partial charge in [-0.1, -0.05) is 41.9 Å². The van der Waals surface area contributed by atoms with E-state index in [1.807, 2.05) is 37.3 Å². The smallest absolute Gasteiger partial charge is 0.263 e. The molecule has 3 aromatic rings. The number of carbonyl (C=O) groups excluding carboxylic acids is 1. The van der Waals surface area contributed by atoms with Crippen LogP contribution in [-0.2, 0) is 14.6 Å². The number of aryl methyl sites for hydroxylation is 1. The third kappa shape index (κ3) is 5.08. The van der Waals surface area contributed by atoms with Crippen LogP contribution < -0.4 is 10.1 Å². The Kier molecular flexibility index (Phi) is 6.02. The first-order valence-corrected chi connectivity index (χ1v) is 12.0. The molecule has 1 amide bonds. The van der Waals surface area contributed by atoms with Gasteiger partial charge in [0.05, 0.1) is 23.2 Å². The molecular formula is C22H22ClN3O4S. The predicted molar refractivity (Wildman–Crippen MR) is 120 cm³/mol. The zero-order valence-electron chi connectivity index (χ0n) is 16.9. The van der Waals surface area contributed by atoms with Crippen molar-refractivity contribution >= 4 is 33.2 Å². The van der Waals surface area contributed by atoms with Crippen molar-refractivity contribution in [1.82, 2.24) is 9.78 Å². The predicted octanol–water partition coefficient (Wildman–Crippen LogP) is 3.89. The third-order valence-electron chi connectivity index (χ3n) is 5.13. The van der Waals surface area contributed by atoms with E-state index < -0.39 is 9.84 Å². The van der Waals surface area contributed by atoms with Gasteiger partial charge in [0.25, 0.3) is 5.91 Å². The monoisotopic (exact) mass is 459 g/mol. The summed E-state index contributed by atoms with van der Waals surface area (Å²) in [4.78, 5) is 12.6. The molecule has 0 unspecified atom stereocenters. The Hall–Kier alpha value is -2.84. The maximum Gasteiger partial charge on any atom is 0.263 e. The highest BCUT2D eigenvalue weighted by Crippen LogP contribution is 2.30. The van der Waals surface area contributed by atoms with Gasteiger partial charge in [-0.3, -0.25) is 4.79 Å². The summed E-state index contributed by atoms with van der Waals surface area (Å²) in [6.07, 6.45) is 0.460. The average molecular weight is 460 g/mol. The van der Waals surface area contributed by atoms with Gasteiger partial charge in [0.2, 0.25) is 0 Å². The second kappa shape index (κ2) is 8.72. The van der Waals surface area contributed by atoms with E-state index in [2.05, 4.69) is 10.4 Å². The molecule has 1 aromatic heterocycles. The third-order valence-corrected chi connectivity index (χ3v) is 7.30. The summed E-state index contributed by atoms with van der Waals surface area (Å²) >= 11 is 6.02. The molecule has 1 N–H and O–H groups in total. The van der Waals surface area contributed by atoms with Crippen LogP contribution in [0.15, 0.2) is 54.6 Å². The highest BCUT2D eigenvalue weighted by molar-refractivity contribution is 7.91. The maximum absolute atomic E-state index is 12.6. The minimum absolute atomic E-state index is 0.00628. The fourth-order valence-electron chi connectivity index (χ4n) is 3.52. The van der Waals surface area contributed by atoms with Gasteiger partial charge in [0.15, 0.2) is 16.4 Å². The van der Waals surface area contributed by atoms with E-state index in [0.29, 0.717) is 28.7 Å². The lowest BCUT2D eigenvalue weighted by Crippen LogP contribution is -2.23. The molecule has 7 nitrogen and oxygen atoms in total. The van der Waals surface area contributed by atoms with Gasteiger partial charge in [0.1, 0.15) is 11.6 Å². The van der Waals surface area contributed by atoms with E-state index in [9.17, 15) is 13.2 Å². The van der Waals surface area contributed by atoms with Gasteiger partial charge in [-0.05, 0) is 37.1 Å². The molecule has 4 rings (SSSR count). The van der Waals surface area contributed by atoms with E-state index in [0.717, 1.165) is 11.1 Å². The Balaban J connectivity index is 1.53. The molecule has 1 fully saturated rings. The van der Waals surface area contributed by atoms with Crippen LogP contribution in [0.2, 0.25) is 5.02 Å². The summed E-state index contributed by atoms with van der Waals surface area (Å²) in [6, 6.07) is 16.1. The number of benzene rings is 2. The van der Waals surface area contributed by atoms with Crippen LogP contribution in [0.1, 0.15) is 18.0 Å². The van der Waals surface area contributed by atoms with Crippen LogP contribution in [0.25, 0.3) is 11.3 Å². The molecule has 31 heavy (non-hydrogen) atoms. The molecule has 2 aromatic carbocycles. The average Bonchev–Trinajstić information content (AvgIpc) is 3.32. The number of sulfone groups is 1.